The van der Waals surface area contributed by atoms with E-state index in [1.54, 1.807) is 0 Å². The van der Waals surface area contributed by atoms with Gasteiger partial charge in [0.1, 0.15) is 0 Å². The maximum absolute atomic E-state index is 2.47. The molecule has 30 aromatic rings. The summed E-state index contributed by atoms with van der Waals surface area (Å²) >= 11 is 0. The molecule has 0 spiro atoms. The Balaban J connectivity index is 0.000000100. The van der Waals surface area contributed by atoms with Crippen LogP contribution in [0.1, 0.15) is 0 Å². The van der Waals surface area contributed by atoms with E-state index in [2.05, 4.69) is 513 Å². The summed E-state index contributed by atoms with van der Waals surface area (Å²) < 4.78 is 14.6. The molecule has 0 amide bonds. The molecule has 0 aliphatic rings. The van der Waals surface area contributed by atoms with Crippen molar-refractivity contribution in [3.63, 3.8) is 0 Å². The molecule has 134 heavy (non-hydrogen) atoms. The van der Waals surface area contributed by atoms with E-state index in [1.807, 2.05) is 0 Å². The Morgan fingerprint density at radius 2 is 0.328 bits per heavy atom. The lowest BCUT2D eigenvalue weighted by molar-refractivity contribution is 1.17. The number of nitrogens with zero attached hydrogens (tertiary/aromatic N) is 6. The molecule has 0 fully saturated rings. The average molecular weight is 1700 g/mol. The van der Waals surface area contributed by atoms with Crippen molar-refractivity contribution < 1.29 is 0 Å². The topological polar surface area (TPSA) is 29.6 Å². The Morgan fingerprint density at radius 3 is 0.716 bits per heavy atom. The number of aromatic nitrogens is 6. The summed E-state index contributed by atoms with van der Waals surface area (Å²) in [7, 11) is 0. The maximum atomic E-state index is 2.47. The lowest BCUT2D eigenvalue weighted by Crippen LogP contribution is -1.96. The monoisotopic (exact) mass is 1700 g/mol. The maximum Gasteiger partial charge on any atom is 0.0619 e. The number of para-hydroxylation sites is 3. The molecular formula is C128H80N6. The van der Waals surface area contributed by atoms with Crippen molar-refractivity contribution in [3.05, 3.63) is 485 Å². The fourth-order valence-corrected chi connectivity index (χ4v) is 22.8. The predicted molar refractivity (Wildman–Crippen MR) is 571 cm³/mol. The van der Waals surface area contributed by atoms with Gasteiger partial charge in [0, 0.05) is 104 Å². The van der Waals surface area contributed by atoms with E-state index in [-0.39, 0.29) is 0 Å². The van der Waals surface area contributed by atoms with Crippen molar-refractivity contribution in [2.75, 3.05) is 0 Å². The first-order valence-electron chi connectivity index (χ1n) is 46.3. The highest BCUT2D eigenvalue weighted by Crippen LogP contribution is 2.49. The smallest absolute Gasteiger partial charge is 0.0619 e. The van der Waals surface area contributed by atoms with Gasteiger partial charge in [0.25, 0.3) is 0 Å². The highest BCUT2D eigenvalue weighted by atomic mass is 15.0. The molecule has 6 heterocycles. The van der Waals surface area contributed by atoms with Gasteiger partial charge >= 0.3 is 0 Å². The van der Waals surface area contributed by atoms with Crippen molar-refractivity contribution in [3.8, 4) is 45.3 Å². The quantitative estimate of drug-likeness (QED) is 0.152. The van der Waals surface area contributed by atoms with Crippen LogP contribution < -0.4 is 0 Å². The average Bonchev–Trinajstić information content (AvgIpc) is 1.56. The Bertz CT molecular complexity index is 9860. The van der Waals surface area contributed by atoms with Gasteiger partial charge in [-0.2, -0.15) is 0 Å². The first-order valence-corrected chi connectivity index (χ1v) is 46.3. The summed E-state index contributed by atoms with van der Waals surface area (Å²) in [4.78, 5) is 0. The minimum absolute atomic E-state index is 1.16. The Kier molecular flexibility index (Phi) is 16.8. The summed E-state index contributed by atoms with van der Waals surface area (Å²) in [6.45, 7) is 0. The molecule has 0 N–H and O–H groups in total. The van der Waals surface area contributed by atoms with Crippen molar-refractivity contribution in [1.82, 2.24) is 27.4 Å². The van der Waals surface area contributed by atoms with E-state index in [4.69, 9.17) is 0 Å². The Hall–Kier alpha value is -17.8. The zero-order chi connectivity index (χ0) is 87.7. The molecular weight excluding hydrogens is 1620 g/mol. The van der Waals surface area contributed by atoms with Crippen LogP contribution in [0.3, 0.4) is 0 Å². The van der Waals surface area contributed by atoms with Crippen molar-refractivity contribution in [1.29, 1.82) is 0 Å². The Labute approximate surface area is 769 Å². The van der Waals surface area contributed by atoms with Gasteiger partial charge in [-0.25, -0.2) is 0 Å². The number of fused-ring (bicyclic) bond motifs is 34. The highest BCUT2D eigenvalue weighted by Gasteiger charge is 2.26. The van der Waals surface area contributed by atoms with Crippen LogP contribution in [0.2, 0.25) is 0 Å². The molecule has 0 bridgehead atoms. The first-order chi connectivity index (χ1) is 66.5. The zero-order valence-electron chi connectivity index (χ0n) is 72.9. The van der Waals surface area contributed by atoms with E-state index in [1.165, 1.54) is 257 Å². The van der Waals surface area contributed by atoms with Gasteiger partial charge in [0.05, 0.1) is 66.2 Å². The van der Waals surface area contributed by atoms with E-state index < -0.39 is 0 Å². The molecule has 6 heteroatoms. The molecule has 0 saturated carbocycles. The first kappa shape index (κ1) is 75.2. The number of hydrogen-bond acceptors (Lipinski definition) is 0. The summed E-state index contributed by atoms with van der Waals surface area (Å²) in [6.07, 6.45) is 0. The lowest BCUT2D eigenvalue weighted by Gasteiger charge is -2.11. The fraction of sp³-hybridized carbons (Fsp3) is 0. The molecule has 6 aromatic heterocycles. The van der Waals surface area contributed by atoms with Gasteiger partial charge in [-0.15, -0.1) is 0 Å². The van der Waals surface area contributed by atoms with Crippen LogP contribution >= 0.6 is 0 Å². The molecule has 6 nitrogen and oxygen atoms in total. The molecule has 24 aromatic carbocycles. The minimum atomic E-state index is 1.16. The van der Waals surface area contributed by atoms with Gasteiger partial charge in [0.15, 0.2) is 0 Å². The van der Waals surface area contributed by atoms with Crippen LogP contribution in [0.15, 0.2) is 485 Å². The standard InChI is InChI=1S/C44H28N2.2C42H26N2/c1-2-10-29(11-3-1)30-18-22-33(23-19-30)45-39-17-9-8-16-37(39)38-28-34(24-27-40(38)45)46-41-25-20-31-12-4-6-14-35(31)43(41)44-36-15-7-5-13-32(36)21-26-42(44)46;1-2-13-30(14-3-1)44-37-25-21-31(26-36(37)35-22-18-29-12-6-9-17-34(29)42(35)44)43-38-23-19-27-10-4-7-15-32(27)40(38)41-33-16-8-5-11-28(33)20-24-39(41)43;1-2-13-30(14-3-1)43-36-25-21-31(26-35(36)40-32-15-7-4-10-27(32)18-22-37(40)43)44-38-23-19-28-11-5-8-16-33(28)41(38)42-34-17-9-6-12-29(34)20-24-39(42)44/h1-28H;2*1-26H. The van der Waals surface area contributed by atoms with Crippen LogP contribution in [0.4, 0.5) is 0 Å². The Morgan fingerprint density at radius 1 is 0.104 bits per heavy atom. The molecule has 0 radical (unpaired) electrons. The normalized spacial score (nSPS) is 12.0. The van der Waals surface area contributed by atoms with Gasteiger partial charge in [0.2, 0.25) is 0 Å². The van der Waals surface area contributed by atoms with Crippen molar-refractivity contribution >= 4 is 217 Å². The van der Waals surface area contributed by atoms with E-state index in [0.29, 0.717) is 0 Å². The molecule has 622 valence electrons. The minimum Gasteiger partial charge on any atom is -0.309 e. The van der Waals surface area contributed by atoms with Gasteiger partial charge in [-0.05, 0) is 231 Å². The second kappa shape index (κ2) is 29.9. The molecule has 0 saturated heterocycles. The third kappa shape index (κ3) is 11.4. The largest absolute Gasteiger partial charge is 0.309 e. The molecule has 0 atom stereocenters. The lowest BCUT2D eigenvalue weighted by atomic mass is 10.00. The van der Waals surface area contributed by atoms with E-state index in [9.17, 15) is 0 Å². The van der Waals surface area contributed by atoms with E-state index in [0.717, 1.165) is 5.69 Å². The second-order valence-corrected chi connectivity index (χ2v) is 35.7. The molecule has 0 unspecified atom stereocenters. The zero-order valence-corrected chi connectivity index (χ0v) is 72.9. The van der Waals surface area contributed by atoms with Crippen LogP contribution in [-0.4, -0.2) is 27.4 Å². The summed E-state index contributed by atoms with van der Waals surface area (Å²) in [5, 5.41) is 35.8. The van der Waals surface area contributed by atoms with Crippen LogP contribution in [0, 0.1) is 0 Å². The van der Waals surface area contributed by atoms with Crippen molar-refractivity contribution in [2.24, 2.45) is 0 Å². The van der Waals surface area contributed by atoms with Crippen LogP contribution in [0.5, 0.6) is 0 Å². The van der Waals surface area contributed by atoms with E-state index >= 15 is 0 Å². The van der Waals surface area contributed by atoms with Gasteiger partial charge in [-0.1, -0.05) is 346 Å². The third-order valence-electron chi connectivity index (χ3n) is 28.6. The SMILES string of the molecule is c1ccc(-c2ccc(-n3c4ccccc4c4cc(-n5c6ccc7ccccc7c6c6c7ccccc7ccc65)ccc43)cc2)cc1.c1ccc(-n2c3ccc(-n4c5ccc6ccccc6c5c5c6ccccc6ccc54)cc3c3c4ccccc4ccc32)cc1.c1ccc(-n2c3ccc(-n4c5ccc6ccccc6c5c5c6ccccc6ccc54)cc3c3ccc4ccccc4c32)cc1. The summed E-state index contributed by atoms with van der Waals surface area (Å²) in [5.41, 5.74) is 24.1. The van der Waals surface area contributed by atoms with Gasteiger partial charge in [-0.3, -0.25) is 0 Å². The second-order valence-electron chi connectivity index (χ2n) is 35.7. The van der Waals surface area contributed by atoms with Crippen molar-refractivity contribution in [2.45, 2.75) is 0 Å². The van der Waals surface area contributed by atoms with Crippen LogP contribution in [-0.2, 0) is 0 Å². The highest BCUT2D eigenvalue weighted by molar-refractivity contribution is 6.33. The predicted octanol–water partition coefficient (Wildman–Crippen LogP) is 34.5. The molecule has 0 aliphatic heterocycles. The summed E-state index contributed by atoms with van der Waals surface area (Å²) in [5.74, 6) is 0. The fourth-order valence-electron chi connectivity index (χ4n) is 22.8. The van der Waals surface area contributed by atoms with Gasteiger partial charge < -0.3 is 27.4 Å². The number of hydrogen-bond donors (Lipinski definition) is 0. The number of benzene rings is 24. The summed E-state index contributed by atoms with van der Waals surface area (Å²) in [6, 6.07) is 177. The molecule has 30 rings (SSSR count). The third-order valence-corrected chi connectivity index (χ3v) is 28.6. The van der Waals surface area contributed by atoms with Crippen LogP contribution in [0.25, 0.3) is 262 Å². The number of rotatable bonds is 7. The molecule has 0 aliphatic carbocycles.